The van der Waals surface area contributed by atoms with Gasteiger partial charge in [-0.3, -0.25) is 9.69 Å². The second-order valence-corrected chi connectivity index (χ2v) is 7.65. The van der Waals surface area contributed by atoms with Gasteiger partial charge in [0.15, 0.2) is 0 Å². The second-order valence-electron chi connectivity index (χ2n) is 7.65. The quantitative estimate of drug-likeness (QED) is 0.913. The molecule has 134 valence electrons. The molecule has 1 fully saturated rings. The molecule has 2 atom stereocenters. The molecule has 25 heavy (non-hydrogen) atoms. The van der Waals surface area contributed by atoms with Crippen LogP contribution < -0.4 is 0 Å². The molecule has 1 saturated heterocycles. The van der Waals surface area contributed by atoms with Crippen LogP contribution in [0.15, 0.2) is 18.2 Å². The first kappa shape index (κ1) is 16.6. The third-order valence-corrected chi connectivity index (χ3v) is 5.34. The van der Waals surface area contributed by atoms with E-state index >= 15 is 0 Å². The van der Waals surface area contributed by atoms with Crippen molar-refractivity contribution >= 4 is 16.8 Å². The predicted molar refractivity (Wildman–Crippen MR) is 98.6 cm³/mol. The summed E-state index contributed by atoms with van der Waals surface area (Å²) in [7, 11) is 0. The average Bonchev–Trinajstić information content (AvgIpc) is 2.91. The molecule has 5 nitrogen and oxygen atoms in total. The van der Waals surface area contributed by atoms with Gasteiger partial charge in [0, 0.05) is 54.8 Å². The van der Waals surface area contributed by atoms with Crippen LogP contribution in [0.2, 0.25) is 0 Å². The van der Waals surface area contributed by atoms with Gasteiger partial charge in [0.2, 0.25) is 5.91 Å². The van der Waals surface area contributed by atoms with E-state index in [0.29, 0.717) is 13.1 Å². The van der Waals surface area contributed by atoms with Gasteiger partial charge in [-0.1, -0.05) is 11.6 Å². The van der Waals surface area contributed by atoms with Crippen LogP contribution in [0.5, 0.6) is 0 Å². The molecule has 3 heterocycles. The molecular formula is C20H27N3O2. The maximum atomic E-state index is 12.8. The van der Waals surface area contributed by atoms with Crippen molar-refractivity contribution in [2.24, 2.45) is 0 Å². The SMILES string of the molecule is Cc1ccc2[nH]c3c(c2c1)CN(C(=O)CN1C[C@@H](C)O[C@H](C)C1)CC3. The van der Waals surface area contributed by atoms with Crippen LogP contribution in [0.3, 0.4) is 0 Å². The van der Waals surface area contributed by atoms with Gasteiger partial charge >= 0.3 is 0 Å². The summed E-state index contributed by atoms with van der Waals surface area (Å²) in [6.45, 7) is 9.95. The Morgan fingerprint density at radius 3 is 2.80 bits per heavy atom. The lowest BCUT2D eigenvalue weighted by Gasteiger charge is -2.36. The van der Waals surface area contributed by atoms with Crippen molar-refractivity contribution in [3.8, 4) is 0 Å². The minimum absolute atomic E-state index is 0.195. The lowest BCUT2D eigenvalue weighted by Crippen LogP contribution is -2.50. The van der Waals surface area contributed by atoms with Crippen LogP contribution in [0.25, 0.3) is 10.9 Å². The molecular weight excluding hydrogens is 314 g/mol. The number of aromatic amines is 1. The zero-order valence-electron chi connectivity index (χ0n) is 15.3. The third-order valence-electron chi connectivity index (χ3n) is 5.34. The van der Waals surface area contributed by atoms with E-state index in [4.69, 9.17) is 4.74 Å². The van der Waals surface area contributed by atoms with Crippen LogP contribution in [-0.4, -0.2) is 59.1 Å². The molecule has 1 amide bonds. The van der Waals surface area contributed by atoms with Crippen molar-refractivity contribution < 1.29 is 9.53 Å². The van der Waals surface area contributed by atoms with Crippen molar-refractivity contribution in [2.75, 3.05) is 26.2 Å². The van der Waals surface area contributed by atoms with Gasteiger partial charge < -0.3 is 14.6 Å². The topological polar surface area (TPSA) is 48.6 Å². The highest BCUT2D eigenvalue weighted by atomic mass is 16.5. The van der Waals surface area contributed by atoms with E-state index in [-0.39, 0.29) is 18.1 Å². The van der Waals surface area contributed by atoms with Gasteiger partial charge in [0.25, 0.3) is 0 Å². The number of carbonyl (C=O) groups excluding carboxylic acids is 1. The van der Waals surface area contributed by atoms with Crippen molar-refractivity contribution in [1.29, 1.82) is 0 Å². The Kier molecular flexibility index (Phi) is 4.29. The van der Waals surface area contributed by atoms with Crippen molar-refractivity contribution in [1.82, 2.24) is 14.8 Å². The number of fused-ring (bicyclic) bond motifs is 3. The van der Waals surface area contributed by atoms with E-state index in [2.05, 4.69) is 48.9 Å². The largest absolute Gasteiger partial charge is 0.373 e. The molecule has 0 saturated carbocycles. The number of nitrogens with zero attached hydrogens (tertiary/aromatic N) is 2. The Morgan fingerprint density at radius 1 is 1.28 bits per heavy atom. The standard InChI is InChI=1S/C20H27N3O2/c1-13-4-5-18-16(8-13)17-11-23(7-6-19(17)21-18)20(24)12-22-9-14(2)25-15(3)10-22/h4-5,8,14-15,21H,6-7,9-12H2,1-3H3/t14-,15-/m1/s1. The summed E-state index contributed by atoms with van der Waals surface area (Å²) in [5.41, 5.74) is 5.02. The molecule has 0 bridgehead atoms. The highest BCUT2D eigenvalue weighted by Gasteiger charge is 2.28. The number of H-pyrrole nitrogens is 1. The number of carbonyl (C=O) groups is 1. The number of benzene rings is 1. The number of hydrogen-bond donors (Lipinski definition) is 1. The van der Waals surface area contributed by atoms with Crippen LogP contribution >= 0.6 is 0 Å². The van der Waals surface area contributed by atoms with E-state index in [9.17, 15) is 4.79 Å². The molecule has 1 aromatic carbocycles. The maximum Gasteiger partial charge on any atom is 0.237 e. The summed E-state index contributed by atoms with van der Waals surface area (Å²) >= 11 is 0. The number of nitrogens with one attached hydrogen (secondary N) is 1. The van der Waals surface area contributed by atoms with Gasteiger partial charge in [-0.2, -0.15) is 0 Å². The highest BCUT2D eigenvalue weighted by Crippen LogP contribution is 2.28. The fraction of sp³-hybridized carbons (Fsp3) is 0.550. The Bertz CT molecular complexity index is 788. The molecule has 2 aliphatic heterocycles. The fourth-order valence-electron chi connectivity index (χ4n) is 4.25. The maximum absolute atomic E-state index is 12.8. The number of hydrogen-bond acceptors (Lipinski definition) is 3. The first-order chi connectivity index (χ1) is 12.0. The second kappa shape index (κ2) is 6.46. The zero-order valence-corrected chi connectivity index (χ0v) is 15.3. The first-order valence-electron chi connectivity index (χ1n) is 9.25. The van der Waals surface area contributed by atoms with E-state index in [1.807, 2.05) is 4.90 Å². The Labute approximate surface area is 148 Å². The van der Waals surface area contributed by atoms with E-state index in [1.54, 1.807) is 0 Å². The van der Waals surface area contributed by atoms with Gasteiger partial charge in [0.1, 0.15) is 0 Å². The van der Waals surface area contributed by atoms with E-state index in [0.717, 1.165) is 26.1 Å². The summed E-state index contributed by atoms with van der Waals surface area (Å²) in [5, 5.41) is 1.26. The Hall–Kier alpha value is -1.85. The molecule has 2 aliphatic rings. The van der Waals surface area contributed by atoms with Crippen LogP contribution in [0.1, 0.15) is 30.7 Å². The molecule has 1 aromatic heterocycles. The van der Waals surface area contributed by atoms with Crippen molar-refractivity contribution in [3.63, 3.8) is 0 Å². The van der Waals surface area contributed by atoms with Crippen molar-refractivity contribution in [2.45, 2.75) is 45.9 Å². The number of aryl methyl sites for hydroxylation is 1. The molecule has 1 N–H and O–H groups in total. The monoisotopic (exact) mass is 341 g/mol. The summed E-state index contributed by atoms with van der Waals surface area (Å²) in [5.74, 6) is 0.231. The van der Waals surface area contributed by atoms with E-state index in [1.165, 1.54) is 27.7 Å². The van der Waals surface area contributed by atoms with Crippen molar-refractivity contribution in [3.05, 3.63) is 35.0 Å². The lowest BCUT2D eigenvalue weighted by molar-refractivity contribution is -0.136. The fourth-order valence-corrected chi connectivity index (χ4v) is 4.25. The Balaban J connectivity index is 1.49. The number of aromatic nitrogens is 1. The van der Waals surface area contributed by atoms with E-state index < -0.39 is 0 Å². The number of morpholine rings is 1. The molecule has 5 heteroatoms. The van der Waals surface area contributed by atoms with Crippen LogP contribution in [0, 0.1) is 6.92 Å². The van der Waals surface area contributed by atoms with Crippen LogP contribution in [0.4, 0.5) is 0 Å². The van der Waals surface area contributed by atoms with Crippen LogP contribution in [-0.2, 0) is 22.5 Å². The molecule has 2 aromatic rings. The smallest absolute Gasteiger partial charge is 0.237 e. The van der Waals surface area contributed by atoms with Gasteiger partial charge in [-0.15, -0.1) is 0 Å². The summed E-state index contributed by atoms with van der Waals surface area (Å²) < 4.78 is 5.77. The molecule has 0 unspecified atom stereocenters. The predicted octanol–water partition coefficient (Wildman–Crippen LogP) is 2.47. The third kappa shape index (κ3) is 3.31. The van der Waals surface area contributed by atoms with Gasteiger partial charge in [0.05, 0.1) is 18.8 Å². The average molecular weight is 341 g/mol. The minimum Gasteiger partial charge on any atom is -0.373 e. The van der Waals surface area contributed by atoms with Gasteiger partial charge in [-0.05, 0) is 32.9 Å². The lowest BCUT2D eigenvalue weighted by atomic mass is 10.0. The zero-order chi connectivity index (χ0) is 17.6. The highest BCUT2D eigenvalue weighted by molar-refractivity contribution is 5.87. The summed E-state index contributed by atoms with van der Waals surface area (Å²) in [6.07, 6.45) is 1.30. The first-order valence-corrected chi connectivity index (χ1v) is 9.25. The normalized spacial score (nSPS) is 24.5. The molecule has 4 rings (SSSR count). The number of rotatable bonds is 2. The number of amides is 1. The van der Waals surface area contributed by atoms with Gasteiger partial charge in [-0.25, -0.2) is 0 Å². The molecule has 0 spiro atoms. The number of ether oxygens (including phenoxy) is 1. The minimum atomic E-state index is 0.195. The molecule has 0 radical (unpaired) electrons. The molecule has 0 aliphatic carbocycles. The Morgan fingerprint density at radius 2 is 2.04 bits per heavy atom. The summed E-state index contributed by atoms with van der Waals surface area (Å²) in [4.78, 5) is 20.6. The summed E-state index contributed by atoms with van der Waals surface area (Å²) in [6, 6.07) is 6.50.